The molecule has 0 N–H and O–H groups in total. The summed E-state index contributed by atoms with van der Waals surface area (Å²) in [5.74, 6) is -0.0885. The number of hydrogen-bond donors (Lipinski definition) is 0. The first-order valence-electron chi connectivity index (χ1n) is 7.22. The topological polar surface area (TPSA) is 37.4 Å². The molecule has 1 saturated heterocycles. The van der Waals surface area contributed by atoms with Crippen molar-refractivity contribution in [3.63, 3.8) is 0 Å². The van der Waals surface area contributed by atoms with Crippen LogP contribution in [0.5, 0.6) is 0 Å². The van der Waals surface area contributed by atoms with E-state index in [4.69, 9.17) is 0 Å². The number of carbonyl (C=O) groups is 2. The zero-order chi connectivity index (χ0) is 14.7. The molecule has 3 heteroatoms. The van der Waals surface area contributed by atoms with Gasteiger partial charge in [-0.25, -0.2) is 0 Å². The van der Waals surface area contributed by atoms with Crippen molar-refractivity contribution in [2.24, 2.45) is 0 Å². The van der Waals surface area contributed by atoms with Gasteiger partial charge in [0.25, 0.3) is 0 Å². The molecule has 1 heterocycles. The van der Waals surface area contributed by atoms with Gasteiger partial charge in [0.05, 0.1) is 0 Å². The minimum absolute atomic E-state index is 0.0443. The smallest absolute Gasteiger partial charge is 0.229 e. The maximum Gasteiger partial charge on any atom is 0.229 e. The third kappa shape index (κ3) is 2.87. The lowest BCUT2D eigenvalue weighted by molar-refractivity contribution is -0.138. The Morgan fingerprint density at radius 1 is 0.810 bits per heavy atom. The molecule has 2 amide bonds. The van der Waals surface area contributed by atoms with Gasteiger partial charge < -0.3 is 0 Å². The number of imide groups is 1. The Bertz CT molecular complexity index is 648. The maximum atomic E-state index is 11.7. The second kappa shape index (κ2) is 5.92. The number of benzene rings is 2. The molecule has 1 aliphatic rings. The van der Waals surface area contributed by atoms with E-state index in [0.29, 0.717) is 25.8 Å². The highest BCUT2D eigenvalue weighted by molar-refractivity contribution is 6.01. The number of rotatable bonds is 4. The fourth-order valence-electron chi connectivity index (χ4n) is 2.74. The van der Waals surface area contributed by atoms with Crippen molar-refractivity contribution >= 4 is 11.8 Å². The van der Waals surface area contributed by atoms with Gasteiger partial charge in [-0.15, -0.1) is 0 Å². The van der Waals surface area contributed by atoms with Gasteiger partial charge in [0.1, 0.15) is 0 Å². The Kier molecular flexibility index (Phi) is 3.82. The average molecular weight is 279 g/mol. The van der Waals surface area contributed by atoms with E-state index < -0.39 is 0 Å². The second-order valence-corrected chi connectivity index (χ2v) is 5.21. The second-order valence-electron chi connectivity index (χ2n) is 5.21. The first kappa shape index (κ1) is 13.6. The Balaban J connectivity index is 1.80. The van der Waals surface area contributed by atoms with E-state index in [2.05, 4.69) is 24.3 Å². The molecule has 21 heavy (non-hydrogen) atoms. The molecule has 0 aromatic heterocycles. The van der Waals surface area contributed by atoms with E-state index in [1.807, 2.05) is 30.3 Å². The molecule has 0 bridgehead atoms. The summed E-state index contributed by atoms with van der Waals surface area (Å²) in [5.41, 5.74) is 3.49. The first-order valence-corrected chi connectivity index (χ1v) is 7.22. The maximum absolute atomic E-state index is 11.7. The molecule has 0 aliphatic carbocycles. The molecule has 2 aromatic rings. The summed E-state index contributed by atoms with van der Waals surface area (Å²) >= 11 is 0. The van der Waals surface area contributed by atoms with E-state index >= 15 is 0 Å². The molecule has 0 atom stereocenters. The lowest BCUT2D eigenvalue weighted by Crippen LogP contribution is -2.31. The summed E-state index contributed by atoms with van der Waals surface area (Å²) in [4.78, 5) is 24.7. The summed E-state index contributed by atoms with van der Waals surface area (Å²) in [6.07, 6.45) is 1.42. The predicted molar refractivity (Wildman–Crippen MR) is 81.5 cm³/mol. The lowest BCUT2D eigenvalue weighted by atomic mass is 9.97. The van der Waals surface area contributed by atoms with Gasteiger partial charge in [0.15, 0.2) is 0 Å². The van der Waals surface area contributed by atoms with Gasteiger partial charge >= 0.3 is 0 Å². The largest absolute Gasteiger partial charge is 0.282 e. The number of hydrogen-bond acceptors (Lipinski definition) is 2. The van der Waals surface area contributed by atoms with Crippen molar-refractivity contribution in [3.05, 3.63) is 60.2 Å². The quantitative estimate of drug-likeness (QED) is 0.807. The van der Waals surface area contributed by atoms with Crippen LogP contribution in [-0.4, -0.2) is 23.3 Å². The predicted octanol–water partition coefficient (Wildman–Crippen LogP) is 3.05. The number of likely N-dealkylation sites (tertiary alicyclic amines) is 1. The van der Waals surface area contributed by atoms with Crippen molar-refractivity contribution in [2.45, 2.75) is 19.3 Å². The number of amides is 2. The van der Waals surface area contributed by atoms with E-state index in [9.17, 15) is 9.59 Å². The minimum Gasteiger partial charge on any atom is -0.282 e. The van der Waals surface area contributed by atoms with Crippen molar-refractivity contribution in [2.75, 3.05) is 6.54 Å². The van der Waals surface area contributed by atoms with Crippen molar-refractivity contribution < 1.29 is 9.59 Å². The Morgan fingerprint density at radius 2 is 1.43 bits per heavy atom. The molecule has 0 radical (unpaired) electrons. The Morgan fingerprint density at radius 3 is 2.14 bits per heavy atom. The molecule has 3 rings (SSSR count). The fourth-order valence-corrected chi connectivity index (χ4v) is 2.74. The number of nitrogens with zero attached hydrogens (tertiary/aromatic N) is 1. The van der Waals surface area contributed by atoms with Gasteiger partial charge in [-0.1, -0.05) is 54.6 Å². The molecule has 0 saturated carbocycles. The summed E-state index contributed by atoms with van der Waals surface area (Å²) in [7, 11) is 0. The zero-order valence-electron chi connectivity index (χ0n) is 11.8. The van der Waals surface area contributed by atoms with E-state index in [1.54, 1.807) is 0 Å². The molecular weight excluding hydrogens is 262 g/mol. The van der Waals surface area contributed by atoms with Crippen LogP contribution in [0.2, 0.25) is 0 Å². The van der Waals surface area contributed by atoms with Crippen LogP contribution in [0.25, 0.3) is 11.1 Å². The van der Waals surface area contributed by atoms with Gasteiger partial charge in [0, 0.05) is 19.4 Å². The standard InChI is InChI=1S/C18H17NO2/c20-17-10-11-18(21)19(17)13-12-15-8-4-5-9-16(15)14-6-2-1-3-7-14/h1-9H,10-13H2. The monoisotopic (exact) mass is 279 g/mol. The average Bonchev–Trinajstić information content (AvgIpc) is 2.85. The Hall–Kier alpha value is -2.42. The molecule has 3 nitrogen and oxygen atoms in total. The van der Waals surface area contributed by atoms with Crippen molar-refractivity contribution in [3.8, 4) is 11.1 Å². The van der Waals surface area contributed by atoms with E-state index in [-0.39, 0.29) is 11.8 Å². The molecule has 2 aromatic carbocycles. The molecule has 0 unspecified atom stereocenters. The SMILES string of the molecule is O=C1CCC(=O)N1CCc1ccccc1-c1ccccc1. The molecule has 1 fully saturated rings. The van der Waals surface area contributed by atoms with Crippen molar-refractivity contribution in [1.82, 2.24) is 4.90 Å². The molecule has 106 valence electrons. The Labute approximate surface area is 124 Å². The molecule has 1 aliphatic heterocycles. The van der Waals surface area contributed by atoms with Crippen LogP contribution in [0.1, 0.15) is 18.4 Å². The van der Waals surface area contributed by atoms with Crippen LogP contribution in [0.3, 0.4) is 0 Å². The van der Waals surface area contributed by atoms with Crippen LogP contribution in [0, 0.1) is 0 Å². The minimum atomic E-state index is -0.0443. The van der Waals surface area contributed by atoms with Crippen LogP contribution >= 0.6 is 0 Å². The summed E-state index contributed by atoms with van der Waals surface area (Å²) in [6, 6.07) is 18.3. The third-order valence-corrected chi connectivity index (χ3v) is 3.86. The highest BCUT2D eigenvalue weighted by Gasteiger charge is 2.28. The lowest BCUT2D eigenvalue weighted by Gasteiger charge is -2.15. The van der Waals surface area contributed by atoms with Crippen LogP contribution < -0.4 is 0 Å². The van der Waals surface area contributed by atoms with E-state index in [0.717, 1.165) is 16.7 Å². The van der Waals surface area contributed by atoms with Crippen LogP contribution in [0.4, 0.5) is 0 Å². The van der Waals surface area contributed by atoms with Crippen LogP contribution in [0.15, 0.2) is 54.6 Å². The van der Waals surface area contributed by atoms with Gasteiger partial charge in [0.2, 0.25) is 11.8 Å². The van der Waals surface area contributed by atoms with Gasteiger partial charge in [-0.05, 0) is 23.1 Å². The normalized spacial score (nSPS) is 14.8. The highest BCUT2D eigenvalue weighted by atomic mass is 16.2. The summed E-state index contributed by atoms with van der Waals surface area (Å²) in [6.45, 7) is 0.474. The first-order chi connectivity index (χ1) is 10.3. The fraction of sp³-hybridized carbons (Fsp3) is 0.222. The summed E-state index contributed by atoms with van der Waals surface area (Å²) < 4.78 is 0. The molecular formula is C18H17NO2. The highest BCUT2D eigenvalue weighted by Crippen LogP contribution is 2.24. The summed E-state index contributed by atoms with van der Waals surface area (Å²) in [5, 5.41) is 0. The molecule has 0 spiro atoms. The number of carbonyl (C=O) groups excluding carboxylic acids is 2. The zero-order valence-corrected chi connectivity index (χ0v) is 11.8. The van der Waals surface area contributed by atoms with Crippen molar-refractivity contribution in [1.29, 1.82) is 0 Å². The van der Waals surface area contributed by atoms with Gasteiger partial charge in [-0.3, -0.25) is 14.5 Å². The van der Waals surface area contributed by atoms with E-state index in [1.165, 1.54) is 4.90 Å². The third-order valence-electron chi connectivity index (χ3n) is 3.86. The van der Waals surface area contributed by atoms with Gasteiger partial charge in [-0.2, -0.15) is 0 Å². The van der Waals surface area contributed by atoms with Crippen LogP contribution in [-0.2, 0) is 16.0 Å².